The number of aryl methyl sites for hydroxylation is 1. The molecule has 1 atom stereocenters. The standard InChI is InChI=1S/C17H23FN2O2/c1-12-2-3-14(10-16(12)18)19-7-4-13(5-8-19)17(22)20-9-6-15(21)11-20/h2-3,10,13,15,21H,4-9,11H2,1H3. The Morgan fingerprint density at radius 3 is 2.55 bits per heavy atom. The number of aliphatic hydroxyl groups excluding tert-OH is 1. The van der Waals surface area contributed by atoms with Crippen molar-refractivity contribution < 1.29 is 14.3 Å². The summed E-state index contributed by atoms with van der Waals surface area (Å²) in [7, 11) is 0. The van der Waals surface area contributed by atoms with Gasteiger partial charge in [-0.05, 0) is 43.9 Å². The maximum atomic E-state index is 13.7. The minimum atomic E-state index is -0.362. The van der Waals surface area contributed by atoms with E-state index in [-0.39, 0.29) is 23.7 Å². The van der Waals surface area contributed by atoms with Gasteiger partial charge in [-0.25, -0.2) is 4.39 Å². The van der Waals surface area contributed by atoms with Crippen LogP contribution >= 0.6 is 0 Å². The first-order valence-corrected chi connectivity index (χ1v) is 8.02. The van der Waals surface area contributed by atoms with Gasteiger partial charge >= 0.3 is 0 Å². The summed E-state index contributed by atoms with van der Waals surface area (Å²) in [5, 5.41) is 9.55. The van der Waals surface area contributed by atoms with Crippen LogP contribution in [0.3, 0.4) is 0 Å². The molecule has 2 heterocycles. The number of halogens is 1. The minimum Gasteiger partial charge on any atom is -0.391 e. The first kappa shape index (κ1) is 15.3. The molecule has 0 radical (unpaired) electrons. The molecule has 5 heteroatoms. The Bertz CT molecular complexity index is 556. The average Bonchev–Trinajstić information content (AvgIpc) is 2.96. The summed E-state index contributed by atoms with van der Waals surface area (Å²) in [6.45, 7) is 4.45. The highest BCUT2D eigenvalue weighted by molar-refractivity contribution is 5.79. The molecule has 1 aromatic carbocycles. The number of benzene rings is 1. The van der Waals surface area contributed by atoms with Gasteiger partial charge in [0.1, 0.15) is 5.82 Å². The number of piperidine rings is 1. The molecule has 2 saturated heterocycles. The fourth-order valence-electron chi connectivity index (χ4n) is 3.36. The molecule has 0 saturated carbocycles. The van der Waals surface area contributed by atoms with Gasteiger partial charge in [-0.3, -0.25) is 4.79 Å². The van der Waals surface area contributed by atoms with Gasteiger partial charge in [0.15, 0.2) is 0 Å². The van der Waals surface area contributed by atoms with Crippen molar-refractivity contribution in [3.05, 3.63) is 29.6 Å². The van der Waals surface area contributed by atoms with Gasteiger partial charge in [0.05, 0.1) is 6.10 Å². The third-order valence-electron chi connectivity index (χ3n) is 4.84. The van der Waals surface area contributed by atoms with Gasteiger partial charge in [-0.1, -0.05) is 6.07 Å². The number of hydrogen-bond donors (Lipinski definition) is 1. The number of carbonyl (C=O) groups excluding carboxylic acids is 1. The quantitative estimate of drug-likeness (QED) is 0.908. The number of aliphatic hydroxyl groups is 1. The molecular weight excluding hydrogens is 283 g/mol. The predicted molar refractivity (Wildman–Crippen MR) is 83.3 cm³/mol. The van der Waals surface area contributed by atoms with Crippen LogP contribution in [0.4, 0.5) is 10.1 Å². The first-order valence-electron chi connectivity index (χ1n) is 8.02. The van der Waals surface area contributed by atoms with Gasteiger partial charge in [-0.2, -0.15) is 0 Å². The topological polar surface area (TPSA) is 43.8 Å². The van der Waals surface area contributed by atoms with Crippen molar-refractivity contribution >= 4 is 11.6 Å². The fourth-order valence-corrected chi connectivity index (χ4v) is 3.36. The summed E-state index contributed by atoms with van der Waals surface area (Å²) >= 11 is 0. The van der Waals surface area contributed by atoms with E-state index in [2.05, 4.69) is 4.90 Å². The van der Waals surface area contributed by atoms with Crippen molar-refractivity contribution in [1.82, 2.24) is 4.90 Å². The molecular formula is C17H23FN2O2. The smallest absolute Gasteiger partial charge is 0.225 e. The van der Waals surface area contributed by atoms with E-state index in [9.17, 15) is 14.3 Å². The lowest BCUT2D eigenvalue weighted by Gasteiger charge is -2.34. The fraction of sp³-hybridized carbons (Fsp3) is 0.588. The van der Waals surface area contributed by atoms with Gasteiger partial charge in [-0.15, -0.1) is 0 Å². The van der Waals surface area contributed by atoms with Gasteiger partial charge in [0.25, 0.3) is 0 Å². The highest BCUT2D eigenvalue weighted by Crippen LogP contribution is 2.26. The number of β-amino-alcohol motifs (C(OH)–C–C–N with tert-alkyl or cyclic N) is 1. The highest BCUT2D eigenvalue weighted by Gasteiger charge is 2.32. The van der Waals surface area contributed by atoms with Crippen LogP contribution in [0.2, 0.25) is 0 Å². The molecule has 22 heavy (non-hydrogen) atoms. The van der Waals surface area contributed by atoms with Crippen molar-refractivity contribution in [2.75, 3.05) is 31.1 Å². The van der Waals surface area contributed by atoms with Gasteiger partial charge in [0.2, 0.25) is 5.91 Å². The summed E-state index contributed by atoms with van der Waals surface area (Å²) in [6, 6.07) is 5.32. The molecule has 1 N–H and O–H groups in total. The minimum absolute atomic E-state index is 0.0387. The number of likely N-dealkylation sites (tertiary alicyclic amines) is 1. The van der Waals surface area contributed by atoms with Crippen LogP contribution in [0.5, 0.6) is 0 Å². The normalized spacial score (nSPS) is 23.1. The molecule has 0 bridgehead atoms. The molecule has 4 nitrogen and oxygen atoms in total. The summed E-state index contributed by atoms with van der Waals surface area (Å²) in [4.78, 5) is 16.4. The molecule has 2 fully saturated rings. The highest BCUT2D eigenvalue weighted by atomic mass is 19.1. The van der Waals surface area contributed by atoms with E-state index < -0.39 is 0 Å². The molecule has 2 aliphatic rings. The Kier molecular flexibility index (Phi) is 4.34. The Morgan fingerprint density at radius 2 is 1.95 bits per heavy atom. The second kappa shape index (κ2) is 6.24. The van der Waals surface area contributed by atoms with Crippen LogP contribution in [-0.2, 0) is 4.79 Å². The van der Waals surface area contributed by atoms with Crippen LogP contribution in [0.25, 0.3) is 0 Å². The number of carbonyl (C=O) groups is 1. The summed E-state index contributed by atoms with van der Waals surface area (Å²) < 4.78 is 13.7. The Balaban J connectivity index is 1.58. The van der Waals surface area contributed by atoms with E-state index in [0.717, 1.165) is 31.6 Å². The maximum Gasteiger partial charge on any atom is 0.225 e. The lowest BCUT2D eigenvalue weighted by Crippen LogP contribution is -2.42. The van der Waals surface area contributed by atoms with Crippen molar-refractivity contribution in [3.8, 4) is 0 Å². The first-order chi connectivity index (χ1) is 10.5. The molecule has 3 rings (SSSR count). The van der Waals surface area contributed by atoms with Crippen LogP contribution in [0.1, 0.15) is 24.8 Å². The van der Waals surface area contributed by atoms with Gasteiger partial charge < -0.3 is 14.9 Å². The molecule has 120 valence electrons. The third kappa shape index (κ3) is 3.09. The Morgan fingerprint density at radius 1 is 1.23 bits per heavy atom. The zero-order valence-electron chi connectivity index (χ0n) is 13.0. The van der Waals surface area contributed by atoms with Crippen molar-refractivity contribution in [3.63, 3.8) is 0 Å². The number of anilines is 1. The lowest BCUT2D eigenvalue weighted by atomic mass is 9.95. The second-order valence-corrected chi connectivity index (χ2v) is 6.42. The summed E-state index contributed by atoms with van der Waals surface area (Å²) in [5.41, 5.74) is 1.55. The van der Waals surface area contributed by atoms with E-state index in [1.807, 2.05) is 6.07 Å². The Hall–Kier alpha value is -1.62. The monoisotopic (exact) mass is 306 g/mol. The summed E-state index contributed by atoms with van der Waals surface area (Å²) in [6.07, 6.45) is 1.91. The molecule has 0 aliphatic carbocycles. The van der Waals surface area contributed by atoms with Crippen LogP contribution in [0.15, 0.2) is 18.2 Å². The maximum absolute atomic E-state index is 13.7. The molecule has 1 unspecified atom stereocenters. The van der Waals surface area contributed by atoms with Gasteiger partial charge in [0, 0.05) is 37.8 Å². The van der Waals surface area contributed by atoms with Crippen LogP contribution < -0.4 is 4.90 Å². The number of hydrogen-bond acceptors (Lipinski definition) is 3. The van der Waals surface area contributed by atoms with E-state index in [1.165, 1.54) is 0 Å². The largest absolute Gasteiger partial charge is 0.391 e. The van der Waals surface area contributed by atoms with E-state index in [1.54, 1.807) is 24.0 Å². The average molecular weight is 306 g/mol. The lowest BCUT2D eigenvalue weighted by molar-refractivity contribution is -0.135. The van der Waals surface area contributed by atoms with E-state index >= 15 is 0 Å². The van der Waals surface area contributed by atoms with Crippen LogP contribution in [-0.4, -0.2) is 48.2 Å². The molecule has 1 amide bonds. The molecule has 2 aliphatic heterocycles. The predicted octanol–water partition coefficient (Wildman–Crippen LogP) is 1.94. The third-order valence-corrected chi connectivity index (χ3v) is 4.84. The van der Waals surface area contributed by atoms with E-state index in [4.69, 9.17) is 0 Å². The number of amides is 1. The SMILES string of the molecule is Cc1ccc(N2CCC(C(=O)N3CCC(O)C3)CC2)cc1F. The number of nitrogens with zero attached hydrogens (tertiary/aromatic N) is 2. The Labute approximate surface area is 130 Å². The molecule has 0 aromatic heterocycles. The zero-order valence-corrected chi connectivity index (χ0v) is 13.0. The van der Waals surface area contributed by atoms with Crippen molar-refractivity contribution in [1.29, 1.82) is 0 Å². The number of rotatable bonds is 2. The molecule has 0 spiro atoms. The second-order valence-electron chi connectivity index (χ2n) is 6.42. The van der Waals surface area contributed by atoms with Crippen molar-refractivity contribution in [2.45, 2.75) is 32.3 Å². The van der Waals surface area contributed by atoms with Crippen LogP contribution in [0, 0.1) is 18.7 Å². The van der Waals surface area contributed by atoms with Crippen molar-refractivity contribution in [2.24, 2.45) is 5.92 Å². The zero-order chi connectivity index (χ0) is 15.7. The van der Waals surface area contributed by atoms with E-state index in [0.29, 0.717) is 25.1 Å². The summed E-state index contributed by atoms with van der Waals surface area (Å²) in [5.74, 6) is 0.0323. The molecule has 1 aromatic rings.